The van der Waals surface area contributed by atoms with Crippen LogP contribution in [0, 0.1) is 25.5 Å². The molecule has 1 N–H and O–H groups in total. The van der Waals surface area contributed by atoms with E-state index >= 15 is 0 Å². The molecule has 4 nitrogen and oxygen atoms in total. The van der Waals surface area contributed by atoms with Crippen molar-refractivity contribution in [1.82, 2.24) is 9.55 Å². The van der Waals surface area contributed by atoms with E-state index in [9.17, 15) is 18.7 Å². The van der Waals surface area contributed by atoms with Crippen LogP contribution in [0.2, 0.25) is 0 Å². The molecular formula is C24H20F2N2O2S. The van der Waals surface area contributed by atoms with Crippen molar-refractivity contribution in [3.63, 3.8) is 0 Å². The molecule has 0 aliphatic heterocycles. The molecule has 0 bridgehead atoms. The topological polar surface area (TPSA) is 55.1 Å². The number of phenolic OH excluding ortho intramolecular Hbond substituents is 1. The van der Waals surface area contributed by atoms with E-state index in [0.29, 0.717) is 16.8 Å². The van der Waals surface area contributed by atoms with E-state index in [-0.39, 0.29) is 35.7 Å². The molecule has 0 saturated carbocycles. The summed E-state index contributed by atoms with van der Waals surface area (Å²) in [6.45, 7) is 3.79. The van der Waals surface area contributed by atoms with Crippen molar-refractivity contribution in [2.45, 2.75) is 26.8 Å². The van der Waals surface area contributed by atoms with Gasteiger partial charge in [-0.25, -0.2) is 13.8 Å². The van der Waals surface area contributed by atoms with Gasteiger partial charge in [-0.2, -0.15) is 0 Å². The average molecular weight is 438 g/mol. The highest BCUT2D eigenvalue weighted by Crippen LogP contribution is 2.32. The predicted molar refractivity (Wildman–Crippen MR) is 118 cm³/mol. The lowest BCUT2D eigenvalue weighted by Gasteiger charge is -2.17. The SMILES string of the molecule is Cc1ccc(-c2c(C)nc(-c3cccc(F)c3O)n(CCc3ccccc3F)c2=O)s1. The minimum absolute atomic E-state index is 0.114. The molecule has 2 aromatic carbocycles. The first-order valence-corrected chi connectivity index (χ1v) is 10.6. The Morgan fingerprint density at radius 3 is 2.45 bits per heavy atom. The van der Waals surface area contributed by atoms with Crippen LogP contribution in [0.4, 0.5) is 8.78 Å². The van der Waals surface area contributed by atoms with Crippen LogP contribution in [0.3, 0.4) is 0 Å². The van der Waals surface area contributed by atoms with Crippen molar-refractivity contribution in [1.29, 1.82) is 0 Å². The van der Waals surface area contributed by atoms with Crippen molar-refractivity contribution < 1.29 is 13.9 Å². The Balaban J connectivity index is 1.91. The molecule has 0 spiro atoms. The molecule has 158 valence electrons. The van der Waals surface area contributed by atoms with Gasteiger partial charge in [0.25, 0.3) is 5.56 Å². The van der Waals surface area contributed by atoms with E-state index in [4.69, 9.17) is 0 Å². The van der Waals surface area contributed by atoms with Crippen molar-refractivity contribution >= 4 is 11.3 Å². The first kappa shape index (κ1) is 20.9. The number of hydrogen-bond donors (Lipinski definition) is 1. The lowest BCUT2D eigenvalue weighted by Crippen LogP contribution is -2.27. The number of rotatable bonds is 5. The Bertz CT molecular complexity index is 1330. The van der Waals surface area contributed by atoms with E-state index < -0.39 is 11.6 Å². The first-order valence-electron chi connectivity index (χ1n) is 9.76. The van der Waals surface area contributed by atoms with Gasteiger partial charge in [-0.15, -0.1) is 11.3 Å². The molecule has 0 unspecified atom stereocenters. The number of aromatic hydroxyl groups is 1. The minimum Gasteiger partial charge on any atom is -0.504 e. The maximum atomic E-state index is 14.2. The second kappa shape index (κ2) is 8.43. The molecule has 2 heterocycles. The molecule has 4 rings (SSSR count). The van der Waals surface area contributed by atoms with Crippen LogP contribution in [0.15, 0.2) is 59.4 Å². The van der Waals surface area contributed by atoms with Gasteiger partial charge >= 0.3 is 0 Å². The minimum atomic E-state index is -0.803. The molecule has 7 heteroatoms. The predicted octanol–water partition coefficient (Wildman–Crippen LogP) is 5.48. The summed E-state index contributed by atoms with van der Waals surface area (Å²) in [4.78, 5) is 20.0. The zero-order valence-corrected chi connectivity index (χ0v) is 17.8. The fourth-order valence-corrected chi connectivity index (χ4v) is 4.51. The number of aromatic nitrogens is 2. The Labute approximate surface area is 182 Å². The summed E-state index contributed by atoms with van der Waals surface area (Å²) >= 11 is 1.48. The van der Waals surface area contributed by atoms with Crippen molar-refractivity contribution in [3.05, 3.63) is 92.7 Å². The Hall–Kier alpha value is -3.32. The normalized spacial score (nSPS) is 11.1. The number of phenols is 1. The highest BCUT2D eigenvalue weighted by atomic mass is 32.1. The summed E-state index contributed by atoms with van der Waals surface area (Å²) in [6, 6.07) is 14.2. The number of hydrogen-bond acceptors (Lipinski definition) is 4. The van der Waals surface area contributed by atoms with Crippen LogP contribution in [0.5, 0.6) is 5.75 Å². The van der Waals surface area contributed by atoms with Crippen molar-refractivity contribution in [2.24, 2.45) is 0 Å². The molecule has 0 aliphatic rings. The lowest BCUT2D eigenvalue weighted by molar-refractivity contribution is 0.433. The zero-order valence-electron chi connectivity index (χ0n) is 17.0. The van der Waals surface area contributed by atoms with Gasteiger partial charge in [-0.05, 0) is 56.2 Å². The third kappa shape index (κ3) is 4.01. The molecule has 0 atom stereocenters. The number of halogens is 2. The Kier molecular flexibility index (Phi) is 5.69. The molecule has 0 amide bonds. The van der Waals surface area contributed by atoms with Crippen LogP contribution in [-0.2, 0) is 13.0 Å². The average Bonchev–Trinajstić information content (AvgIpc) is 3.16. The molecule has 4 aromatic rings. The molecule has 0 aliphatic carbocycles. The highest BCUT2D eigenvalue weighted by Gasteiger charge is 2.21. The number of para-hydroxylation sites is 1. The summed E-state index contributed by atoms with van der Waals surface area (Å²) in [5, 5.41) is 10.3. The van der Waals surface area contributed by atoms with Crippen LogP contribution in [0.25, 0.3) is 21.8 Å². The van der Waals surface area contributed by atoms with Crippen LogP contribution < -0.4 is 5.56 Å². The Morgan fingerprint density at radius 1 is 1.00 bits per heavy atom. The van der Waals surface area contributed by atoms with Gasteiger partial charge in [0.15, 0.2) is 11.6 Å². The smallest absolute Gasteiger partial charge is 0.262 e. The molecule has 31 heavy (non-hydrogen) atoms. The number of aryl methyl sites for hydroxylation is 3. The maximum Gasteiger partial charge on any atom is 0.262 e. The fourth-order valence-electron chi connectivity index (χ4n) is 3.56. The van der Waals surface area contributed by atoms with Crippen molar-refractivity contribution in [3.8, 4) is 27.6 Å². The maximum absolute atomic E-state index is 14.2. The largest absolute Gasteiger partial charge is 0.504 e. The number of thiophene rings is 1. The van der Waals surface area contributed by atoms with E-state index in [2.05, 4.69) is 4.98 Å². The third-order valence-electron chi connectivity index (χ3n) is 5.13. The monoisotopic (exact) mass is 438 g/mol. The van der Waals surface area contributed by atoms with Crippen molar-refractivity contribution in [2.75, 3.05) is 0 Å². The van der Waals surface area contributed by atoms with Crippen LogP contribution >= 0.6 is 11.3 Å². The number of benzene rings is 2. The van der Waals surface area contributed by atoms with Gasteiger partial charge in [-0.1, -0.05) is 24.3 Å². The summed E-state index contributed by atoms with van der Waals surface area (Å²) in [6.07, 6.45) is 0.239. The van der Waals surface area contributed by atoms with Gasteiger partial charge < -0.3 is 5.11 Å². The van der Waals surface area contributed by atoms with E-state index in [1.54, 1.807) is 25.1 Å². The van der Waals surface area contributed by atoms with Gasteiger partial charge in [0, 0.05) is 16.3 Å². The van der Waals surface area contributed by atoms with Gasteiger partial charge in [-0.3, -0.25) is 9.36 Å². The van der Waals surface area contributed by atoms with Crippen LogP contribution in [-0.4, -0.2) is 14.7 Å². The van der Waals surface area contributed by atoms with Gasteiger partial charge in [0.2, 0.25) is 0 Å². The molecule has 0 saturated heterocycles. The van der Waals surface area contributed by atoms with E-state index in [1.165, 1.54) is 34.1 Å². The van der Waals surface area contributed by atoms with Gasteiger partial charge in [0.1, 0.15) is 11.6 Å². The van der Waals surface area contributed by atoms with Crippen LogP contribution in [0.1, 0.15) is 16.1 Å². The van der Waals surface area contributed by atoms with Gasteiger partial charge in [0.05, 0.1) is 16.8 Å². The fraction of sp³-hybridized carbons (Fsp3) is 0.167. The molecule has 0 fully saturated rings. The van der Waals surface area contributed by atoms with E-state index in [1.807, 2.05) is 19.1 Å². The zero-order chi connectivity index (χ0) is 22.1. The van der Waals surface area contributed by atoms with E-state index in [0.717, 1.165) is 15.8 Å². The molecule has 0 radical (unpaired) electrons. The number of nitrogens with zero attached hydrogens (tertiary/aromatic N) is 2. The second-order valence-corrected chi connectivity index (χ2v) is 8.53. The quantitative estimate of drug-likeness (QED) is 0.449. The molecule has 2 aromatic heterocycles. The summed E-state index contributed by atoms with van der Waals surface area (Å²) in [5.74, 6) is -1.59. The molecular weight excluding hydrogens is 418 g/mol. The highest BCUT2D eigenvalue weighted by molar-refractivity contribution is 7.15. The lowest BCUT2D eigenvalue weighted by atomic mass is 10.1. The standard InChI is InChI=1S/C24H20F2N2O2S/c1-14-10-11-20(31-14)21-15(2)27-23(17-7-5-9-19(26)22(17)29)28(24(21)30)13-12-16-6-3-4-8-18(16)25/h3-11,29H,12-13H2,1-2H3. The summed E-state index contributed by atoms with van der Waals surface area (Å²) in [7, 11) is 0. The first-order chi connectivity index (χ1) is 14.9. The third-order valence-corrected chi connectivity index (χ3v) is 6.15. The second-order valence-electron chi connectivity index (χ2n) is 7.24. The Morgan fingerprint density at radius 2 is 1.74 bits per heavy atom. The summed E-state index contributed by atoms with van der Waals surface area (Å²) < 4.78 is 29.6. The summed E-state index contributed by atoms with van der Waals surface area (Å²) in [5.41, 5.74) is 1.18.